The second kappa shape index (κ2) is 5.79. The summed E-state index contributed by atoms with van der Waals surface area (Å²) in [7, 11) is 0. The number of imidazole rings is 1. The molecule has 3 heterocycles. The molecule has 1 spiro atoms. The zero-order chi connectivity index (χ0) is 16.7. The Morgan fingerprint density at radius 2 is 2.08 bits per heavy atom. The fourth-order valence-electron chi connectivity index (χ4n) is 4.21. The quantitative estimate of drug-likeness (QED) is 0.864. The van der Waals surface area contributed by atoms with E-state index in [2.05, 4.69) is 9.97 Å². The van der Waals surface area contributed by atoms with Gasteiger partial charge in [0.15, 0.2) is 0 Å². The second-order valence-corrected chi connectivity index (χ2v) is 7.70. The van der Waals surface area contributed by atoms with Crippen LogP contribution in [0.25, 0.3) is 0 Å². The molecule has 0 aromatic carbocycles. The van der Waals surface area contributed by atoms with Gasteiger partial charge in [-0.3, -0.25) is 9.59 Å². The number of H-pyrrole nitrogens is 2. The SMILES string of the molecule is O=C1CCC2(CCCN(C(=O)c3c[nH]c(=O)[nH]3)C2)CN1CC1CC1. The molecule has 1 aromatic rings. The summed E-state index contributed by atoms with van der Waals surface area (Å²) in [5.41, 5.74) is -0.0180. The van der Waals surface area contributed by atoms with E-state index in [-0.39, 0.29) is 22.9 Å². The predicted octanol–water partition coefficient (Wildman–Crippen LogP) is 0.958. The van der Waals surface area contributed by atoms with Crippen molar-refractivity contribution in [3.63, 3.8) is 0 Å². The minimum Gasteiger partial charge on any atom is -0.342 e. The Balaban J connectivity index is 1.47. The van der Waals surface area contributed by atoms with Gasteiger partial charge >= 0.3 is 5.69 Å². The summed E-state index contributed by atoms with van der Waals surface area (Å²) in [6.07, 6.45) is 7.39. The Morgan fingerprint density at radius 1 is 1.25 bits per heavy atom. The summed E-state index contributed by atoms with van der Waals surface area (Å²) in [6.45, 7) is 3.05. The molecule has 1 saturated carbocycles. The van der Waals surface area contributed by atoms with Gasteiger partial charge in [-0.05, 0) is 38.0 Å². The fraction of sp³-hybridized carbons (Fsp3) is 0.706. The van der Waals surface area contributed by atoms with E-state index < -0.39 is 0 Å². The molecular formula is C17H24N4O3. The first-order valence-corrected chi connectivity index (χ1v) is 8.89. The molecule has 7 heteroatoms. The molecular weight excluding hydrogens is 308 g/mol. The number of aromatic amines is 2. The number of aromatic nitrogens is 2. The van der Waals surface area contributed by atoms with E-state index in [0.717, 1.165) is 32.4 Å². The van der Waals surface area contributed by atoms with Crippen LogP contribution in [0.5, 0.6) is 0 Å². The average molecular weight is 332 g/mol. The van der Waals surface area contributed by atoms with Gasteiger partial charge < -0.3 is 19.8 Å². The zero-order valence-corrected chi connectivity index (χ0v) is 13.8. The van der Waals surface area contributed by atoms with Crippen molar-refractivity contribution in [3.05, 3.63) is 22.4 Å². The summed E-state index contributed by atoms with van der Waals surface area (Å²) in [4.78, 5) is 45.0. The Hall–Kier alpha value is -2.05. The molecule has 2 amide bonds. The summed E-state index contributed by atoms with van der Waals surface area (Å²) >= 11 is 0. The number of nitrogens with one attached hydrogen (secondary N) is 2. The highest BCUT2D eigenvalue weighted by molar-refractivity contribution is 5.92. The van der Waals surface area contributed by atoms with Gasteiger partial charge in [-0.25, -0.2) is 4.79 Å². The minimum absolute atomic E-state index is 0.0211. The van der Waals surface area contributed by atoms with Crippen molar-refractivity contribution >= 4 is 11.8 Å². The number of hydrogen-bond acceptors (Lipinski definition) is 3. The molecule has 3 fully saturated rings. The van der Waals surface area contributed by atoms with Crippen LogP contribution >= 0.6 is 0 Å². The smallest absolute Gasteiger partial charge is 0.323 e. The lowest BCUT2D eigenvalue weighted by Gasteiger charge is -2.48. The van der Waals surface area contributed by atoms with Gasteiger partial charge in [0, 0.05) is 44.2 Å². The van der Waals surface area contributed by atoms with Crippen LogP contribution in [-0.4, -0.2) is 57.8 Å². The zero-order valence-electron chi connectivity index (χ0n) is 13.8. The number of nitrogens with zero attached hydrogens (tertiary/aromatic N) is 2. The Kier molecular flexibility index (Phi) is 3.73. The number of rotatable bonds is 3. The molecule has 130 valence electrons. The second-order valence-electron chi connectivity index (χ2n) is 7.70. The maximum Gasteiger partial charge on any atom is 0.323 e. The van der Waals surface area contributed by atoms with E-state index in [4.69, 9.17) is 0 Å². The van der Waals surface area contributed by atoms with Gasteiger partial charge in [0.05, 0.1) is 0 Å². The maximum absolute atomic E-state index is 12.6. The molecule has 1 unspecified atom stereocenters. The van der Waals surface area contributed by atoms with E-state index in [1.807, 2.05) is 9.80 Å². The molecule has 1 aromatic heterocycles. The Labute approximate surface area is 140 Å². The van der Waals surface area contributed by atoms with Crippen LogP contribution in [0.3, 0.4) is 0 Å². The summed E-state index contributed by atoms with van der Waals surface area (Å²) < 4.78 is 0. The first-order valence-electron chi connectivity index (χ1n) is 8.89. The number of carbonyl (C=O) groups is 2. The van der Waals surface area contributed by atoms with E-state index >= 15 is 0 Å². The van der Waals surface area contributed by atoms with Crippen molar-refractivity contribution in [2.24, 2.45) is 11.3 Å². The number of piperidine rings is 2. The molecule has 7 nitrogen and oxygen atoms in total. The van der Waals surface area contributed by atoms with Crippen molar-refractivity contribution in [3.8, 4) is 0 Å². The first-order chi connectivity index (χ1) is 11.5. The number of likely N-dealkylation sites (tertiary alicyclic amines) is 2. The van der Waals surface area contributed by atoms with Gasteiger partial charge in [0.1, 0.15) is 5.69 Å². The molecule has 1 aliphatic carbocycles. The number of hydrogen-bond donors (Lipinski definition) is 2. The fourth-order valence-corrected chi connectivity index (χ4v) is 4.21. The highest BCUT2D eigenvalue weighted by Gasteiger charge is 2.43. The van der Waals surface area contributed by atoms with Crippen molar-refractivity contribution in [2.45, 2.75) is 38.5 Å². The summed E-state index contributed by atoms with van der Waals surface area (Å²) in [5, 5.41) is 0. The minimum atomic E-state index is -0.357. The average Bonchev–Trinajstić information content (AvgIpc) is 3.29. The third kappa shape index (κ3) is 2.99. The van der Waals surface area contributed by atoms with Crippen molar-refractivity contribution in [1.29, 1.82) is 0 Å². The maximum atomic E-state index is 12.6. The lowest BCUT2D eigenvalue weighted by molar-refractivity contribution is -0.139. The van der Waals surface area contributed by atoms with Crippen molar-refractivity contribution < 1.29 is 9.59 Å². The van der Waals surface area contributed by atoms with E-state index in [1.165, 1.54) is 19.0 Å². The highest BCUT2D eigenvalue weighted by Crippen LogP contribution is 2.40. The van der Waals surface area contributed by atoms with Gasteiger partial charge in [-0.1, -0.05) is 0 Å². The standard InChI is InChI=1S/C17H24N4O3/c22-14-4-6-17(11-21(14)9-12-2-3-12)5-1-7-20(10-17)15(23)13-8-18-16(24)19-13/h8,12H,1-7,9-11H2,(H2,18,19,24). The molecule has 2 N–H and O–H groups in total. The molecule has 2 saturated heterocycles. The molecule has 1 atom stereocenters. The number of carbonyl (C=O) groups excluding carboxylic acids is 2. The highest BCUT2D eigenvalue weighted by atomic mass is 16.2. The molecule has 3 aliphatic rings. The number of amides is 2. The molecule has 4 rings (SSSR count). The van der Waals surface area contributed by atoms with Crippen LogP contribution in [0, 0.1) is 11.3 Å². The van der Waals surface area contributed by atoms with Crippen LogP contribution < -0.4 is 5.69 Å². The normalized spacial score (nSPS) is 27.8. The van der Waals surface area contributed by atoms with Gasteiger partial charge in [-0.2, -0.15) is 0 Å². The predicted molar refractivity (Wildman–Crippen MR) is 87.5 cm³/mol. The van der Waals surface area contributed by atoms with E-state index in [0.29, 0.717) is 31.1 Å². The van der Waals surface area contributed by atoms with Crippen molar-refractivity contribution in [1.82, 2.24) is 19.8 Å². The lowest BCUT2D eigenvalue weighted by atomic mass is 9.73. The third-order valence-corrected chi connectivity index (χ3v) is 5.70. The van der Waals surface area contributed by atoms with E-state index in [9.17, 15) is 14.4 Å². The van der Waals surface area contributed by atoms with Gasteiger partial charge in [0.2, 0.25) is 5.91 Å². The lowest BCUT2D eigenvalue weighted by Crippen LogP contribution is -2.55. The third-order valence-electron chi connectivity index (χ3n) is 5.70. The molecule has 2 aliphatic heterocycles. The Bertz CT molecular complexity index is 705. The van der Waals surface area contributed by atoms with Gasteiger partial charge in [-0.15, -0.1) is 0 Å². The van der Waals surface area contributed by atoms with E-state index in [1.54, 1.807) is 0 Å². The van der Waals surface area contributed by atoms with Crippen LogP contribution in [0.4, 0.5) is 0 Å². The van der Waals surface area contributed by atoms with Crippen LogP contribution in [-0.2, 0) is 4.79 Å². The van der Waals surface area contributed by atoms with Crippen LogP contribution in [0.1, 0.15) is 49.0 Å². The largest absolute Gasteiger partial charge is 0.342 e. The topological polar surface area (TPSA) is 89.3 Å². The van der Waals surface area contributed by atoms with Crippen LogP contribution in [0.15, 0.2) is 11.0 Å². The molecule has 0 bridgehead atoms. The summed E-state index contributed by atoms with van der Waals surface area (Å²) in [5.74, 6) is 0.833. The van der Waals surface area contributed by atoms with Crippen LogP contribution in [0.2, 0.25) is 0 Å². The molecule has 0 radical (unpaired) electrons. The monoisotopic (exact) mass is 332 g/mol. The Morgan fingerprint density at radius 3 is 2.79 bits per heavy atom. The van der Waals surface area contributed by atoms with Crippen molar-refractivity contribution in [2.75, 3.05) is 26.2 Å². The van der Waals surface area contributed by atoms with Gasteiger partial charge in [0.25, 0.3) is 5.91 Å². The first kappa shape index (κ1) is 15.5. The summed E-state index contributed by atoms with van der Waals surface area (Å²) in [6, 6.07) is 0. The molecule has 24 heavy (non-hydrogen) atoms.